The number of aryl methyl sites for hydroxylation is 1. The average molecular weight is 601 g/mol. The zero-order valence-corrected chi connectivity index (χ0v) is 22.5. The molecule has 0 aliphatic carbocycles. The Morgan fingerprint density at radius 1 is 0.970 bits per heavy atom. The Hall–Kier alpha value is -2.17. The number of halogens is 2. The first kappa shape index (κ1) is 27.1. The van der Waals surface area contributed by atoms with Crippen molar-refractivity contribution < 1.29 is 19.1 Å². The van der Waals surface area contributed by atoms with Crippen LogP contribution in [0.25, 0.3) is 0 Å². The molecule has 0 spiro atoms. The van der Waals surface area contributed by atoms with Gasteiger partial charge in [-0.3, -0.25) is 25.8 Å². The molecular formula is C23H27Br2N3O4S. The zero-order chi connectivity index (χ0) is 24.2. The molecule has 0 atom stereocenters. The highest BCUT2D eigenvalue weighted by atomic mass is 79.9. The predicted molar refractivity (Wildman–Crippen MR) is 139 cm³/mol. The molecule has 2 rings (SSSR count). The zero-order valence-electron chi connectivity index (χ0n) is 18.5. The third kappa shape index (κ3) is 9.69. The number of carbonyl (C=O) groups is 2. The normalized spacial score (nSPS) is 10.3. The standard InChI is InChI=1S/C23H27Br2N3O4S/c1-3-4-5-6-11-31-19-10-8-16(24)13-17(19)22(30)26-23(33)28-27-21(29)14-32-20-9-7-15(2)12-18(20)25/h7-10,12-13H,3-6,11,14H2,1-2H3,(H,27,29)(H2,26,28,30,33). The van der Waals surface area contributed by atoms with Gasteiger partial charge in [0.25, 0.3) is 11.8 Å². The number of benzene rings is 2. The van der Waals surface area contributed by atoms with Crippen LogP contribution in [0.15, 0.2) is 45.3 Å². The Balaban J connectivity index is 1.82. The second-order valence-electron chi connectivity index (χ2n) is 7.23. The SMILES string of the molecule is CCCCCCOc1ccc(Br)cc1C(=O)NC(=S)NNC(=O)COc1ccc(C)cc1Br. The summed E-state index contributed by atoms with van der Waals surface area (Å²) < 4.78 is 12.8. The summed E-state index contributed by atoms with van der Waals surface area (Å²) in [6, 6.07) is 10.7. The molecule has 10 heteroatoms. The van der Waals surface area contributed by atoms with E-state index in [4.69, 9.17) is 21.7 Å². The smallest absolute Gasteiger partial charge is 0.276 e. The molecule has 0 fully saturated rings. The van der Waals surface area contributed by atoms with Gasteiger partial charge in [0.1, 0.15) is 11.5 Å². The summed E-state index contributed by atoms with van der Waals surface area (Å²) in [5.74, 6) is 0.101. The molecule has 0 unspecified atom stereocenters. The van der Waals surface area contributed by atoms with Gasteiger partial charge >= 0.3 is 0 Å². The molecule has 178 valence electrons. The number of hydrogen-bond donors (Lipinski definition) is 3. The molecule has 0 aliphatic heterocycles. The highest BCUT2D eigenvalue weighted by Gasteiger charge is 2.15. The van der Waals surface area contributed by atoms with E-state index in [0.717, 1.165) is 40.2 Å². The van der Waals surface area contributed by atoms with Gasteiger partial charge in [0.15, 0.2) is 11.7 Å². The first-order chi connectivity index (χ1) is 15.8. The summed E-state index contributed by atoms with van der Waals surface area (Å²) in [7, 11) is 0. The van der Waals surface area contributed by atoms with E-state index in [-0.39, 0.29) is 11.7 Å². The summed E-state index contributed by atoms with van der Waals surface area (Å²) >= 11 is 11.9. The Kier molecular flexibility index (Phi) is 11.6. The maximum atomic E-state index is 12.7. The van der Waals surface area contributed by atoms with Crippen LogP contribution in [0.3, 0.4) is 0 Å². The van der Waals surface area contributed by atoms with Crippen molar-refractivity contribution in [3.63, 3.8) is 0 Å². The molecule has 0 saturated heterocycles. The molecule has 2 aromatic carbocycles. The van der Waals surface area contributed by atoms with Crippen molar-refractivity contribution >= 4 is 61.0 Å². The number of hydrogen-bond acceptors (Lipinski definition) is 5. The van der Waals surface area contributed by atoms with E-state index in [1.165, 1.54) is 0 Å². The van der Waals surface area contributed by atoms with Crippen LogP contribution < -0.4 is 25.6 Å². The van der Waals surface area contributed by atoms with Crippen molar-refractivity contribution in [2.45, 2.75) is 39.5 Å². The first-order valence-corrected chi connectivity index (χ1v) is 12.5. The largest absolute Gasteiger partial charge is 0.493 e. The Bertz CT molecular complexity index is 988. The summed E-state index contributed by atoms with van der Waals surface area (Å²) in [4.78, 5) is 24.7. The van der Waals surface area contributed by atoms with Crippen molar-refractivity contribution in [1.82, 2.24) is 16.2 Å². The molecule has 0 aliphatic rings. The van der Waals surface area contributed by atoms with Gasteiger partial charge in [0.2, 0.25) is 0 Å². The Morgan fingerprint density at radius 2 is 1.73 bits per heavy atom. The number of nitrogens with one attached hydrogen (secondary N) is 3. The van der Waals surface area contributed by atoms with Crippen molar-refractivity contribution in [2.75, 3.05) is 13.2 Å². The van der Waals surface area contributed by atoms with Crippen LogP contribution in [-0.2, 0) is 4.79 Å². The minimum Gasteiger partial charge on any atom is -0.493 e. The number of unbranched alkanes of at least 4 members (excludes halogenated alkanes) is 3. The van der Waals surface area contributed by atoms with Crippen LogP contribution in [0.4, 0.5) is 0 Å². The summed E-state index contributed by atoms with van der Waals surface area (Å²) in [5.41, 5.74) is 6.30. The first-order valence-electron chi connectivity index (χ1n) is 10.5. The summed E-state index contributed by atoms with van der Waals surface area (Å²) in [6.45, 7) is 4.40. The number of thiocarbonyl (C=S) groups is 1. The Morgan fingerprint density at radius 3 is 2.45 bits per heavy atom. The van der Waals surface area contributed by atoms with Crippen molar-refractivity contribution in [3.05, 3.63) is 56.5 Å². The second-order valence-corrected chi connectivity index (χ2v) is 9.41. The number of amides is 2. The van der Waals surface area contributed by atoms with E-state index in [2.05, 4.69) is 55.0 Å². The van der Waals surface area contributed by atoms with E-state index in [0.29, 0.717) is 23.7 Å². The molecule has 0 aromatic heterocycles. The molecule has 3 N–H and O–H groups in total. The highest BCUT2D eigenvalue weighted by Crippen LogP contribution is 2.25. The number of rotatable bonds is 10. The second kappa shape index (κ2) is 14.2. The lowest BCUT2D eigenvalue weighted by molar-refractivity contribution is -0.123. The minimum absolute atomic E-state index is 0.0567. The van der Waals surface area contributed by atoms with Gasteiger partial charge in [-0.2, -0.15) is 0 Å². The average Bonchev–Trinajstić information content (AvgIpc) is 2.77. The maximum absolute atomic E-state index is 12.7. The van der Waals surface area contributed by atoms with E-state index in [1.807, 2.05) is 19.1 Å². The number of hydrazine groups is 1. The lowest BCUT2D eigenvalue weighted by Gasteiger charge is -2.14. The lowest BCUT2D eigenvalue weighted by atomic mass is 10.2. The maximum Gasteiger partial charge on any atom is 0.276 e. The van der Waals surface area contributed by atoms with E-state index >= 15 is 0 Å². The molecule has 0 bridgehead atoms. The van der Waals surface area contributed by atoms with Gasteiger partial charge in [-0.15, -0.1) is 0 Å². The fraction of sp³-hybridized carbons (Fsp3) is 0.348. The summed E-state index contributed by atoms with van der Waals surface area (Å²) in [6.07, 6.45) is 4.28. The molecule has 0 heterocycles. The van der Waals surface area contributed by atoms with Crippen LogP contribution in [0.1, 0.15) is 48.5 Å². The number of ether oxygens (including phenoxy) is 2. The van der Waals surface area contributed by atoms with E-state index in [9.17, 15) is 9.59 Å². The van der Waals surface area contributed by atoms with Gasteiger partial charge in [0.05, 0.1) is 16.6 Å². The molecule has 7 nitrogen and oxygen atoms in total. The number of carbonyl (C=O) groups excluding carboxylic acids is 2. The fourth-order valence-corrected chi connectivity index (χ4v) is 3.86. The molecule has 0 radical (unpaired) electrons. The van der Waals surface area contributed by atoms with Crippen LogP contribution in [-0.4, -0.2) is 30.1 Å². The molecule has 33 heavy (non-hydrogen) atoms. The van der Waals surface area contributed by atoms with Gasteiger partial charge in [-0.1, -0.05) is 48.2 Å². The summed E-state index contributed by atoms with van der Waals surface area (Å²) in [5, 5.41) is 2.48. The quantitative estimate of drug-likeness (QED) is 0.197. The topological polar surface area (TPSA) is 88.7 Å². The molecule has 2 aromatic rings. The van der Waals surface area contributed by atoms with Gasteiger partial charge < -0.3 is 9.47 Å². The third-order valence-corrected chi connectivity index (χ3v) is 5.75. The van der Waals surface area contributed by atoms with Crippen molar-refractivity contribution in [1.29, 1.82) is 0 Å². The van der Waals surface area contributed by atoms with Crippen molar-refractivity contribution in [2.24, 2.45) is 0 Å². The van der Waals surface area contributed by atoms with Gasteiger partial charge in [0, 0.05) is 4.47 Å². The van der Waals surface area contributed by atoms with Crippen LogP contribution >= 0.6 is 44.1 Å². The van der Waals surface area contributed by atoms with E-state index in [1.54, 1.807) is 24.3 Å². The Labute approximate surface area is 216 Å². The van der Waals surface area contributed by atoms with Gasteiger partial charge in [-0.25, -0.2) is 0 Å². The highest BCUT2D eigenvalue weighted by molar-refractivity contribution is 9.10. The fourth-order valence-electron chi connectivity index (χ4n) is 2.75. The minimum atomic E-state index is -0.461. The van der Waals surface area contributed by atoms with Crippen molar-refractivity contribution in [3.8, 4) is 11.5 Å². The molecule has 0 saturated carbocycles. The predicted octanol–water partition coefficient (Wildman–Crippen LogP) is 5.19. The molecule has 2 amide bonds. The third-order valence-electron chi connectivity index (χ3n) is 4.43. The van der Waals surface area contributed by atoms with Crippen LogP contribution in [0, 0.1) is 6.92 Å². The van der Waals surface area contributed by atoms with Crippen LogP contribution in [0.5, 0.6) is 11.5 Å². The van der Waals surface area contributed by atoms with Crippen LogP contribution in [0.2, 0.25) is 0 Å². The monoisotopic (exact) mass is 599 g/mol. The van der Waals surface area contributed by atoms with Gasteiger partial charge in [-0.05, 0) is 77.4 Å². The lowest BCUT2D eigenvalue weighted by Crippen LogP contribution is -2.49. The molecular weight excluding hydrogens is 574 g/mol. The van der Waals surface area contributed by atoms with E-state index < -0.39 is 11.8 Å².